The first-order valence-corrected chi connectivity index (χ1v) is 23.9. The third kappa shape index (κ3) is 9.85. The Hall–Kier alpha value is -3.13. The van der Waals surface area contributed by atoms with Crippen LogP contribution in [0.25, 0.3) is 5.57 Å². The minimum absolute atomic E-state index is 0.0333. The van der Waals surface area contributed by atoms with Gasteiger partial charge in [-0.05, 0) is 108 Å². The van der Waals surface area contributed by atoms with Gasteiger partial charge in [-0.15, -0.1) is 0 Å². The summed E-state index contributed by atoms with van der Waals surface area (Å²) in [7, 11) is 4.22. The van der Waals surface area contributed by atoms with Crippen molar-refractivity contribution in [2.24, 2.45) is 0 Å². The second-order valence-electron chi connectivity index (χ2n) is 15.8. The third-order valence-electron chi connectivity index (χ3n) is 10.2. The van der Waals surface area contributed by atoms with E-state index in [1.165, 1.54) is 0 Å². The van der Waals surface area contributed by atoms with Gasteiger partial charge >= 0.3 is 0 Å². The Morgan fingerprint density at radius 1 is 0.627 bits per heavy atom. The van der Waals surface area contributed by atoms with E-state index in [2.05, 4.69) is 83.7 Å². The van der Waals surface area contributed by atoms with E-state index in [1.807, 2.05) is 48.5 Å². The summed E-state index contributed by atoms with van der Waals surface area (Å²) in [5.74, 6) is 4.71. The number of ether oxygens (including phenoxy) is 5. The van der Waals surface area contributed by atoms with Gasteiger partial charge in [0.05, 0.1) is 41.7 Å². The predicted molar refractivity (Wildman–Crippen MR) is 217 cm³/mol. The smallest absolute Gasteiger partial charge is 0.250 e. The number of fused-ring (bicyclic) bond motifs is 1. The van der Waals surface area contributed by atoms with Crippen molar-refractivity contribution in [2.45, 2.75) is 96.8 Å². The van der Waals surface area contributed by atoms with Crippen LogP contribution in [-0.4, -0.2) is 63.4 Å². The van der Waals surface area contributed by atoms with Crippen LogP contribution in [0.15, 0.2) is 53.0 Å². The molecule has 0 aliphatic heterocycles. The number of methoxy groups -OCH3 is 5. The molecule has 51 heavy (non-hydrogen) atoms. The number of halogens is 1. The topological polar surface area (TPSA) is 84.8 Å². The molecule has 0 saturated heterocycles. The zero-order chi connectivity index (χ0) is 38.5. The van der Waals surface area contributed by atoms with Crippen LogP contribution in [0.4, 0.5) is 0 Å². The summed E-state index contributed by atoms with van der Waals surface area (Å²) in [6.07, 6.45) is 2.56. The summed E-state index contributed by atoms with van der Waals surface area (Å²) in [5.41, 5.74) is 3.68. The monoisotopic (exact) mass is 802 g/mol. The number of aryl methyl sites for hydroxylation is 1. The first kappa shape index (κ1) is 42.3. The maximum atomic E-state index is 10.7. The fourth-order valence-corrected chi connectivity index (χ4v) is 7.48. The van der Waals surface area contributed by atoms with Gasteiger partial charge in [0.25, 0.3) is 16.6 Å². The third-order valence-corrected chi connectivity index (χ3v) is 19.4. The van der Waals surface area contributed by atoms with Crippen LogP contribution in [0.2, 0.25) is 36.3 Å². The molecule has 0 amide bonds. The molecule has 4 rings (SSSR count). The van der Waals surface area contributed by atoms with Crippen molar-refractivity contribution < 1.29 is 37.6 Å². The van der Waals surface area contributed by atoms with Crippen molar-refractivity contribution in [1.82, 2.24) is 0 Å². The van der Waals surface area contributed by atoms with Gasteiger partial charge in [0, 0.05) is 10.0 Å². The Bertz CT molecular complexity index is 1690. The summed E-state index contributed by atoms with van der Waals surface area (Å²) < 4.78 is 42.0. The highest BCUT2D eigenvalue weighted by atomic mass is 79.9. The molecule has 282 valence electrons. The molecule has 1 atom stereocenters. The van der Waals surface area contributed by atoms with Gasteiger partial charge in [-0.2, -0.15) is 0 Å². The number of benzene rings is 3. The molecule has 0 bridgehead atoms. The number of hydrogen-bond acceptors (Lipinski definition) is 8. The molecular formula is C40H59BrO8Si2. The predicted octanol–water partition coefficient (Wildman–Crippen LogP) is 10.7. The van der Waals surface area contributed by atoms with Crippen molar-refractivity contribution in [2.75, 3.05) is 35.5 Å². The maximum absolute atomic E-state index is 10.7. The van der Waals surface area contributed by atoms with Crippen molar-refractivity contribution in [1.29, 1.82) is 0 Å². The Labute approximate surface area is 316 Å². The van der Waals surface area contributed by atoms with E-state index in [0.717, 1.165) is 38.2 Å². The first-order valence-electron chi connectivity index (χ1n) is 17.3. The van der Waals surface area contributed by atoms with E-state index < -0.39 is 22.7 Å². The van der Waals surface area contributed by atoms with Crippen LogP contribution in [0, 0.1) is 0 Å². The fraction of sp³-hybridized carbons (Fsp3) is 0.500. The molecule has 1 aliphatic rings. The second kappa shape index (κ2) is 16.7. The summed E-state index contributed by atoms with van der Waals surface area (Å²) in [6.45, 7) is 22.2. The molecule has 8 nitrogen and oxygen atoms in total. The molecule has 0 heterocycles. The van der Waals surface area contributed by atoms with Gasteiger partial charge in [0.15, 0.2) is 23.0 Å². The van der Waals surface area contributed by atoms with Gasteiger partial charge in [-0.3, -0.25) is 0 Å². The zero-order valence-corrected chi connectivity index (χ0v) is 36.9. The van der Waals surface area contributed by atoms with E-state index >= 15 is 0 Å². The fourth-order valence-electron chi connectivity index (χ4n) is 5.11. The summed E-state index contributed by atoms with van der Waals surface area (Å²) >= 11 is 3.46. The van der Waals surface area contributed by atoms with Crippen LogP contribution >= 0.6 is 15.9 Å². The average molecular weight is 804 g/mol. The van der Waals surface area contributed by atoms with Gasteiger partial charge in [-0.1, -0.05) is 63.5 Å². The largest absolute Gasteiger partial charge is 0.541 e. The Morgan fingerprint density at radius 2 is 1.12 bits per heavy atom. The molecule has 1 unspecified atom stereocenters. The molecule has 3 aromatic carbocycles. The van der Waals surface area contributed by atoms with Crippen LogP contribution in [0.3, 0.4) is 0 Å². The highest BCUT2D eigenvalue weighted by Crippen LogP contribution is 2.49. The SMILES string of the molecule is COc1ccc(Br)cc1O[Si](C)(C)C(C)(C)C.COc1ccc(C2=CC(O)CCc3cc(OC)c(OC)c(OC)c32)cc1O[Si](C)(C)C(C)(C)C. The van der Waals surface area contributed by atoms with E-state index in [4.69, 9.17) is 32.5 Å². The highest BCUT2D eigenvalue weighted by Gasteiger charge is 2.40. The first-order chi connectivity index (χ1) is 23.6. The summed E-state index contributed by atoms with van der Waals surface area (Å²) in [4.78, 5) is 0. The van der Waals surface area contributed by atoms with E-state index in [-0.39, 0.29) is 10.1 Å². The Morgan fingerprint density at radius 3 is 1.59 bits per heavy atom. The second-order valence-corrected chi connectivity index (χ2v) is 26.1. The molecule has 0 spiro atoms. The molecule has 11 heteroatoms. The van der Waals surface area contributed by atoms with Gasteiger partial charge < -0.3 is 37.6 Å². The molecule has 0 radical (unpaired) electrons. The normalized spacial score (nSPS) is 14.9. The number of hydrogen-bond donors (Lipinski definition) is 1. The van der Waals surface area contributed by atoms with Gasteiger partial charge in [0.2, 0.25) is 5.75 Å². The minimum Gasteiger partial charge on any atom is -0.541 e. The average Bonchev–Trinajstić information content (AvgIpc) is 3.21. The Balaban J connectivity index is 0.000000347. The quantitative estimate of drug-likeness (QED) is 0.203. The molecular weight excluding hydrogens is 745 g/mol. The minimum atomic E-state index is -2.12. The lowest BCUT2D eigenvalue weighted by molar-refractivity contribution is 0.214. The van der Waals surface area contributed by atoms with Crippen molar-refractivity contribution in [3.05, 3.63) is 69.7 Å². The summed E-state index contributed by atoms with van der Waals surface area (Å²) in [6, 6.07) is 13.7. The molecule has 0 aromatic heterocycles. The number of rotatable bonds is 10. The van der Waals surface area contributed by atoms with Crippen LogP contribution < -0.4 is 32.5 Å². The van der Waals surface area contributed by atoms with Crippen LogP contribution in [0.5, 0.6) is 40.2 Å². The van der Waals surface area contributed by atoms with Crippen molar-refractivity contribution >= 4 is 38.1 Å². The number of aliphatic hydroxyl groups excluding tert-OH is 1. The van der Waals surface area contributed by atoms with E-state index in [9.17, 15) is 5.11 Å². The molecule has 0 saturated carbocycles. The maximum Gasteiger partial charge on any atom is 0.250 e. The Kier molecular flexibility index (Phi) is 13.8. The van der Waals surface area contributed by atoms with Crippen LogP contribution in [-0.2, 0) is 6.42 Å². The lowest BCUT2D eigenvalue weighted by Crippen LogP contribution is -2.43. The zero-order valence-electron chi connectivity index (χ0n) is 33.3. The van der Waals surface area contributed by atoms with Crippen molar-refractivity contribution in [3.8, 4) is 40.2 Å². The van der Waals surface area contributed by atoms with Crippen LogP contribution in [0.1, 0.15) is 64.7 Å². The molecule has 0 fully saturated rings. The lowest BCUT2D eigenvalue weighted by Gasteiger charge is -2.37. The lowest BCUT2D eigenvalue weighted by atomic mass is 9.92. The van der Waals surface area contributed by atoms with E-state index in [0.29, 0.717) is 41.6 Å². The highest BCUT2D eigenvalue weighted by molar-refractivity contribution is 9.10. The summed E-state index contributed by atoms with van der Waals surface area (Å²) in [5, 5.41) is 11.0. The van der Waals surface area contributed by atoms with Gasteiger partial charge in [-0.25, -0.2) is 0 Å². The number of aliphatic hydroxyl groups is 1. The molecule has 1 aliphatic carbocycles. The van der Waals surface area contributed by atoms with E-state index in [1.54, 1.807) is 35.5 Å². The standard InChI is InChI=1S/C27H38O6Si.C13H21BrO2Si/c1-27(2,3)34(8,9)33-22-14-17(11-13-21(22)29-4)20-16-19(28)12-10-18-15-23(30-5)25(31-6)26(32-7)24(18)20;1-13(2,3)17(5,6)16-12-9-10(14)7-8-11(12)15-4/h11,13-16,19,28H,10,12H2,1-9H3;7-9H,1-6H3. The van der Waals surface area contributed by atoms with Crippen molar-refractivity contribution in [3.63, 3.8) is 0 Å². The molecule has 1 N–H and O–H groups in total. The molecule has 3 aromatic rings. The van der Waals surface area contributed by atoms with Gasteiger partial charge in [0.1, 0.15) is 11.5 Å².